The average molecular weight is 270 g/mol. The molecule has 0 aliphatic carbocycles. The van der Waals surface area contributed by atoms with E-state index in [1.807, 2.05) is 13.0 Å². The number of hydrazone groups is 1. The summed E-state index contributed by atoms with van der Waals surface area (Å²) in [5, 5.41) is 22.3. The number of rotatable bonds is 3. The van der Waals surface area contributed by atoms with Crippen LogP contribution in [-0.4, -0.2) is 22.3 Å². The van der Waals surface area contributed by atoms with Gasteiger partial charge in [-0.25, -0.2) is 5.43 Å². The normalized spacial score (nSPS) is 10.7. The highest BCUT2D eigenvalue weighted by molar-refractivity contribution is 5.95. The van der Waals surface area contributed by atoms with E-state index in [2.05, 4.69) is 10.5 Å². The van der Waals surface area contributed by atoms with Crippen molar-refractivity contribution in [3.8, 4) is 11.5 Å². The molecular formula is C15H14N2O3. The third kappa shape index (κ3) is 3.35. The van der Waals surface area contributed by atoms with Crippen LogP contribution in [0.2, 0.25) is 0 Å². The molecule has 0 saturated heterocycles. The zero-order valence-corrected chi connectivity index (χ0v) is 10.9. The van der Waals surface area contributed by atoms with Crippen molar-refractivity contribution in [2.75, 3.05) is 0 Å². The van der Waals surface area contributed by atoms with Crippen LogP contribution >= 0.6 is 0 Å². The highest BCUT2D eigenvalue weighted by Crippen LogP contribution is 2.23. The summed E-state index contributed by atoms with van der Waals surface area (Å²) in [6.45, 7) is 1.90. The predicted molar refractivity (Wildman–Crippen MR) is 76.0 cm³/mol. The molecule has 0 bridgehead atoms. The summed E-state index contributed by atoms with van der Waals surface area (Å²) in [5.74, 6) is -0.752. The van der Waals surface area contributed by atoms with Crippen molar-refractivity contribution >= 4 is 12.1 Å². The monoisotopic (exact) mass is 270 g/mol. The molecule has 5 heteroatoms. The van der Waals surface area contributed by atoms with Crippen molar-refractivity contribution in [2.24, 2.45) is 5.10 Å². The SMILES string of the molecule is Cc1cccc(C(=O)NN=Cc2ccc(O)c(O)c2)c1. The van der Waals surface area contributed by atoms with Crippen LogP contribution in [0.25, 0.3) is 0 Å². The molecule has 102 valence electrons. The Morgan fingerprint density at radius 3 is 2.65 bits per heavy atom. The Morgan fingerprint density at radius 1 is 1.15 bits per heavy atom. The number of aromatic hydroxyl groups is 2. The number of carbonyl (C=O) groups excluding carboxylic acids is 1. The van der Waals surface area contributed by atoms with Gasteiger partial charge in [-0.1, -0.05) is 17.7 Å². The van der Waals surface area contributed by atoms with Crippen molar-refractivity contribution in [3.05, 3.63) is 59.2 Å². The minimum atomic E-state index is -0.312. The Bertz CT molecular complexity index is 666. The second-order valence-electron chi connectivity index (χ2n) is 4.32. The highest BCUT2D eigenvalue weighted by Gasteiger charge is 2.03. The lowest BCUT2D eigenvalue weighted by Gasteiger charge is -2.01. The molecule has 3 N–H and O–H groups in total. The summed E-state index contributed by atoms with van der Waals surface area (Å²) in [4.78, 5) is 11.8. The van der Waals surface area contributed by atoms with Crippen LogP contribution in [0.15, 0.2) is 47.6 Å². The highest BCUT2D eigenvalue weighted by atomic mass is 16.3. The van der Waals surface area contributed by atoms with Gasteiger partial charge in [0.15, 0.2) is 11.5 Å². The van der Waals surface area contributed by atoms with Crippen LogP contribution in [0.5, 0.6) is 11.5 Å². The second-order valence-corrected chi connectivity index (χ2v) is 4.32. The molecule has 0 saturated carbocycles. The summed E-state index contributed by atoms with van der Waals surface area (Å²) in [6, 6.07) is 11.4. The van der Waals surface area contributed by atoms with Gasteiger partial charge < -0.3 is 10.2 Å². The van der Waals surface area contributed by atoms with E-state index in [1.165, 1.54) is 18.3 Å². The number of amides is 1. The summed E-state index contributed by atoms with van der Waals surface area (Å²) >= 11 is 0. The van der Waals surface area contributed by atoms with Crippen LogP contribution in [0.4, 0.5) is 0 Å². The number of carbonyl (C=O) groups is 1. The van der Waals surface area contributed by atoms with Gasteiger partial charge >= 0.3 is 0 Å². The first-order chi connectivity index (χ1) is 9.56. The molecule has 0 spiro atoms. The smallest absolute Gasteiger partial charge is 0.271 e. The minimum absolute atomic E-state index is 0.203. The Kier molecular flexibility index (Phi) is 4.00. The summed E-state index contributed by atoms with van der Waals surface area (Å²) < 4.78 is 0. The number of phenolic OH excluding ortho intramolecular Hbond substituents is 2. The Morgan fingerprint density at radius 2 is 1.95 bits per heavy atom. The molecule has 20 heavy (non-hydrogen) atoms. The van der Waals surface area contributed by atoms with E-state index in [-0.39, 0.29) is 17.4 Å². The fourth-order valence-electron chi connectivity index (χ4n) is 1.64. The molecule has 0 aliphatic heterocycles. The molecule has 0 heterocycles. The summed E-state index contributed by atoms with van der Waals surface area (Å²) in [7, 11) is 0. The second kappa shape index (κ2) is 5.88. The number of hydrogen-bond donors (Lipinski definition) is 3. The van der Waals surface area contributed by atoms with Gasteiger partial charge in [0.2, 0.25) is 0 Å². The number of nitrogens with one attached hydrogen (secondary N) is 1. The molecule has 0 atom stereocenters. The van der Waals surface area contributed by atoms with Gasteiger partial charge in [-0.15, -0.1) is 0 Å². The lowest BCUT2D eigenvalue weighted by molar-refractivity contribution is 0.0955. The summed E-state index contributed by atoms with van der Waals surface area (Å²) in [6.07, 6.45) is 1.38. The maximum Gasteiger partial charge on any atom is 0.271 e. The van der Waals surface area contributed by atoms with Crippen molar-refractivity contribution in [1.29, 1.82) is 0 Å². The lowest BCUT2D eigenvalue weighted by atomic mass is 10.1. The van der Waals surface area contributed by atoms with E-state index in [0.717, 1.165) is 5.56 Å². The van der Waals surface area contributed by atoms with Crippen LogP contribution in [-0.2, 0) is 0 Å². The first-order valence-electron chi connectivity index (χ1n) is 5.98. The van der Waals surface area contributed by atoms with E-state index in [1.54, 1.807) is 24.3 Å². The first kappa shape index (κ1) is 13.6. The van der Waals surface area contributed by atoms with E-state index >= 15 is 0 Å². The Hall–Kier alpha value is -2.82. The lowest BCUT2D eigenvalue weighted by Crippen LogP contribution is -2.17. The topological polar surface area (TPSA) is 81.9 Å². The quantitative estimate of drug-likeness (QED) is 0.454. The van der Waals surface area contributed by atoms with Gasteiger partial charge in [-0.3, -0.25) is 4.79 Å². The fourth-order valence-corrected chi connectivity index (χ4v) is 1.64. The standard InChI is InChI=1S/C15H14N2O3/c1-10-3-2-4-12(7-10)15(20)17-16-9-11-5-6-13(18)14(19)8-11/h2-9,18-19H,1H3,(H,17,20). The van der Waals surface area contributed by atoms with E-state index < -0.39 is 0 Å². The fraction of sp³-hybridized carbons (Fsp3) is 0.0667. The van der Waals surface area contributed by atoms with Crippen LogP contribution < -0.4 is 5.43 Å². The maximum atomic E-state index is 11.8. The van der Waals surface area contributed by atoms with Gasteiger partial charge in [-0.05, 0) is 42.8 Å². The third-order valence-electron chi connectivity index (χ3n) is 2.66. The maximum absolute atomic E-state index is 11.8. The molecule has 0 radical (unpaired) electrons. The molecule has 0 aliphatic rings. The molecular weight excluding hydrogens is 256 g/mol. The third-order valence-corrected chi connectivity index (χ3v) is 2.66. The minimum Gasteiger partial charge on any atom is -0.504 e. The number of aryl methyl sites for hydroxylation is 1. The zero-order valence-electron chi connectivity index (χ0n) is 10.9. The van der Waals surface area contributed by atoms with Gasteiger partial charge in [0.1, 0.15) is 0 Å². The van der Waals surface area contributed by atoms with Crippen molar-refractivity contribution in [2.45, 2.75) is 6.92 Å². The van der Waals surface area contributed by atoms with E-state index in [4.69, 9.17) is 5.11 Å². The predicted octanol–water partition coefficient (Wildman–Crippen LogP) is 2.17. The van der Waals surface area contributed by atoms with Crippen LogP contribution in [0.3, 0.4) is 0 Å². The molecule has 1 amide bonds. The Balaban J connectivity index is 2.02. The van der Waals surface area contributed by atoms with Gasteiger partial charge in [0, 0.05) is 5.56 Å². The molecule has 0 aromatic heterocycles. The van der Waals surface area contributed by atoms with Crippen molar-refractivity contribution < 1.29 is 15.0 Å². The molecule has 0 unspecified atom stereocenters. The van der Waals surface area contributed by atoms with Crippen molar-refractivity contribution in [1.82, 2.24) is 5.43 Å². The first-order valence-corrected chi connectivity index (χ1v) is 5.98. The Labute approximate surface area is 116 Å². The number of nitrogens with zero attached hydrogens (tertiary/aromatic N) is 1. The molecule has 2 rings (SSSR count). The van der Waals surface area contributed by atoms with Gasteiger partial charge in [0.05, 0.1) is 6.21 Å². The van der Waals surface area contributed by atoms with Crippen LogP contribution in [0, 0.1) is 6.92 Å². The molecule has 5 nitrogen and oxygen atoms in total. The number of hydrogen-bond acceptors (Lipinski definition) is 4. The molecule has 2 aromatic carbocycles. The molecule has 2 aromatic rings. The number of benzene rings is 2. The van der Waals surface area contributed by atoms with E-state index in [0.29, 0.717) is 11.1 Å². The zero-order chi connectivity index (χ0) is 14.5. The van der Waals surface area contributed by atoms with Crippen LogP contribution in [0.1, 0.15) is 21.5 Å². The average Bonchev–Trinajstić information content (AvgIpc) is 2.42. The molecule has 0 fully saturated rings. The van der Waals surface area contributed by atoms with Crippen molar-refractivity contribution in [3.63, 3.8) is 0 Å². The van der Waals surface area contributed by atoms with Gasteiger partial charge in [-0.2, -0.15) is 5.10 Å². The van der Waals surface area contributed by atoms with E-state index in [9.17, 15) is 9.90 Å². The van der Waals surface area contributed by atoms with Gasteiger partial charge in [0.25, 0.3) is 5.91 Å². The summed E-state index contributed by atoms with van der Waals surface area (Å²) in [5.41, 5.74) is 4.47. The largest absolute Gasteiger partial charge is 0.504 e. The number of phenols is 2.